The number of rotatable bonds is 5. The number of hydrogen-bond donors (Lipinski definition) is 2. The fourth-order valence-corrected chi connectivity index (χ4v) is 1.45. The topological polar surface area (TPSA) is 64.9 Å². The summed E-state index contributed by atoms with van der Waals surface area (Å²) in [7, 11) is 0. The van der Waals surface area contributed by atoms with Crippen LogP contribution in [0.4, 0.5) is 0 Å². The van der Waals surface area contributed by atoms with Gasteiger partial charge in [-0.3, -0.25) is 10.1 Å². The third-order valence-electron chi connectivity index (χ3n) is 2.39. The Bertz CT molecular complexity index is 406. The number of nitrogens with zero attached hydrogens (tertiary/aromatic N) is 1. The first kappa shape index (κ1) is 13.2. The van der Waals surface area contributed by atoms with Gasteiger partial charge in [0.2, 0.25) is 5.91 Å². The average molecular weight is 231 g/mol. The maximum absolute atomic E-state index is 10.7. The molecular weight excluding hydrogens is 214 g/mol. The first-order valence-electron chi connectivity index (χ1n) is 5.57. The number of nitrogens with one attached hydrogen (secondary N) is 2. The molecule has 1 rings (SSSR count). The van der Waals surface area contributed by atoms with Gasteiger partial charge in [-0.15, -0.1) is 0 Å². The Labute approximate surface area is 102 Å². The van der Waals surface area contributed by atoms with E-state index in [0.717, 1.165) is 5.56 Å². The SMILES string of the molecule is CC(=O)NCCNC(C#N)c1ccc(C)cc1. The Kier molecular flexibility index (Phi) is 5.18. The molecule has 1 atom stereocenters. The Morgan fingerprint density at radius 1 is 1.35 bits per heavy atom. The Morgan fingerprint density at radius 2 is 2.00 bits per heavy atom. The van der Waals surface area contributed by atoms with Crippen molar-refractivity contribution in [2.45, 2.75) is 19.9 Å². The van der Waals surface area contributed by atoms with Gasteiger partial charge >= 0.3 is 0 Å². The van der Waals surface area contributed by atoms with Gasteiger partial charge in [0.05, 0.1) is 6.07 Å². The normalized spacial score (nSPS) is 11.6. The van der Waals surface area contributed by atoms with Crippen molar-refractivity contribution in [3.05, 3.63) is 35.4 Å². The summed E-state index contributed by atoms with van der Waals surface area (Å²) in [6.45, 7) is 4.59. The van der Waals surface area contributed by atoms with Crippen molar-refractivity contribution >= 4 is 5.91 Å². The molecule has 0 aliphatic heterocycles. The van der Waals surface area contributed by atoms with Gasteiger partial charge in [-0.25, -0.2) is 0 Å². The Morgan fingerprint density at radius 3 is 2.53 bits per heavy atom. The van der Waals surface area contributed by atoms with Crippen molar-refractivity contribution < 1.29 is 4.79 Å². The molecule has 0 aliphatic carbocycles. The van der Waals surface area contributed by atoms with E-state index in [0.29, 0.717) is 13.1 Å². The lowest BCUT2D eigenvalue weighted by Crippen LogP contribution is -2.32. The van der Waals surface area contributed by atoms with E-state index in [4.69, 9.17) is 5.26 Å². The molecule has 0 fully saturated rings. The van der Waals surface area contributed by atoms with Crippen LogP contribution >= 0.6 is 0 Å². The quantitative estimate of drug-likeness (QED) is 0.750. The van der Waals surface area contributed by atoms with E-state index in [1.54, 1.807) is 0 Å². The van der Waals surface area contributed by atoms with Crippen LogP contribution in [0.1, 0.15) is 24.1 Å². The summed E-state index contributed by atoms with van der Waals surface area (Å²) in [4.78, 5) is 10.7. The van der Waals surface area contributed by atoms with Crippen molar-refractivity contribution in [3.8, 4) is 6.07 Å². The lowest BCUT2D eigenvalue weighted by atomic mass is 10.1. The molecule has 0 spiro atoms. The maximum Gasteiger partial charge on any atom is 0.216 e. The Hall–Kier alpha value is -1.86. The third kappa shape index (κ3) is 4.66. The van der Waals surface area contributed by atoms with Gasteiger partial charge in [0, 0.05) is 20.0 Å². The van der Waals surface area contributed by atoms with E-state index in [2.05, 4.69) is 16.7 Å². The highest BCUT2D eigenvalue weighted by atomic mass is 16.1. The van der Waals surface area contributed by atoms with E-state index < -0.39 is 0 Å². The lowest BCUT2D eigenvalue weighted by Gasteiger charge is -2.12. The molecule has 0 heterocycles. The molecule has 1 aromatic rings. The highest BCUT2D eigenvalue weighted by Crippen LogP contribution is 2.12. The predicted molar refractivity (Wildman–Crippen MR) is 66.2 cm³/mol. The molecule has 17 heavy (non-hydrogen) atoms. The highest BCUT2D eigenvalue weighted by molar-refractivity contribution is 5.72. The van der Waals surface area contributed by atoms with Crippen molar-refractivity contribution in [3.63, 3.8) is 0 Å². The number of amides is 1. The third-order valence-corrected chi connectivity index (χ3v) is 2.39. The molecule has 0 bridgehead atoms. The fourth-order valence-electron chi connectivity index (χ4n) is 1.45. The summed E-state index contributed by atoms with van der Waals surface area (Å²) in [5.74, 6) is -0.0596. The molecule has 4 nitrogen and oxygen atoms in total. The van der Waals surface area contributed by atoms with Crippen LogP contribution in [0.2, 0.25) is 0 Å². The van der Waals surface area contributed by atoms with Gasteiger partial charge in [-0.2, -0.15) is 5.26 Å². The number of hydrogen-bond acceptors (Lipinski definition) is 3. The largest absolute Gasteiger partial charge is 0.355 e. The molecule has 1 amide bonds. The Balaban J connectivity index is 2.46. The van der Waals surface area contributed by atoms with Gasteiger partial charge in [0.1, 0.15) is 6.04 Å². The molecule has 1 aromatic carbocycles. The first-order chi connectivity index (χ1) is 8.13. The van der Waals surface area contributed by atoms with Gasteiger partial charge in [-0.1, -0.05) is 29.8 Å². The summed E-state index contributed by atoms with van der Waals surface area (Å²) in [6, 6.07) is 9.71. The molecule has 1 unspecified atom stereocenters. The van der Waals surface area contributed by atoms with Gasteiger partial charge < -0.3 is 5.32 Å². The van der Waals surface area contributed by atoms with Crippen LogP contribution in [0, 0.1) is 18.3 Å². The van der Waals surface area contributed by atoms with Crippen LogP contribution in [-0.2, 0) is 4.79 Å². The van der Waals surface area contributed by atoms with Crippen LogP contribution in [0.25, 0.3) is 0 Å². The van der Waals surface area contributed by atoms with Gasteiger partial charge in [0.15, 0.2) is 0 Å². The van der Waals surface area contributed by atoms with Crippen LogP contribution in [-0.4, -0.2) is 19.0 Å². The zero-order valence-electron chi connectivity index (χ0n) is 10.2. The minimum Gasteiger partial charge on any atom is -0.355 e. The number of benzene rings is 1. The van der Waals surface area contributed by atoms with Crippen molar-refractivity contribution in [2.75, 3.05) is 13.1 Å². The second kappa shape index (κ2) is 6.66. The molecule has 90 valence electrons. The van der Waals surface area contributed by atoms with Crippen molar-refractivity contribution in [1.82, 2.24) is 10.6 Å². The molecule has 0 aliphatic rings. The zero-order valence-corrected chi connectivity index (χ0v) is 10.2. The summed E-state index contributed by atoms with van der Waals surface area (Å²) in [5.41, 5.74) is 2.12. The second-order valence-electron chi connectivity index (χ2n) is 3.91. The first-order valence-corrected chi connectivity index (χ1v) is 5.57. The van der Waals surface area contributed by atoms with E-state index in [1.165, 1.54) is 12.5 Å². The molecule has 0 saturated carbocycles. The van der Waals surface area contributed by atoms with E-state index in [1.807, 2.05) is 31.2 Å². The summed E-state index contributed by atoms with van der Waals surface area (Å²) in [6.07, 6.45) is 0. The molecule has 0 saturated heterocycles. The van der Waals surface area contributed by atoms with Crippen LogP contribution in [0.3, 0.4) is 0 Å². The minimum atomic E-state index is -0.329. The number of carbonyl (C=O) groups is 1. The van der Waals surface area contributed by atoms with Crippen molar-refractivity contribution in [2.24, 2.45) is 0 Å². The molecule has 4 heteroatoms. The van der Waals surface area contributed by atoms with E-state index in [-0.39, 0.29) is 11.9 Å². The average Bonchev–Trinajstić information content (AvgIpc) is 2.30. The van der Waals surface area contributed by atoms with Gasteiger partial charge in [-0.05, 0) is 12.5 Å². The number of aryl methyl sites for hydroxylation is 1. The molecule has 0 radical (unpaired) electrons. The summed E-state index contributed by atoms with van der Waals surface area (Å²) < 4.78 is 0. The van der Waals surface area contributed by atoms with E-state index >= 15 is 0 Å². The summed E-state index contributed by atoms with van der Waals surface area (Å²) >= 11 is 0. The lowest BCUT2D eigenvalue weighted by molar-refractivity contribution is -0.118. The van der Waals surface area contributed by atoms with Crippen LogP contribution in [0.15, 0.2) is 24.3 Å². The van der Waals surface area contributed by atoms with Crippen molar-refractivity contribution in [1.29, 1.82) is 5.26 Å². The van der Waals surface area contributed by atoms with Crippen LogP contribution < -0.4 is 10.6 Å². The highest BCUT2D eigenvalue weighted by Gasteiger charge is 2.08. The standard InChI is InChI=1S/C13H17N3O/c1-10-3-5-12(6-4-10)13(9-14)16-8-7-15-11(2)17/h3-6,13,16H,7-8H2,1-2H3,(H,15,17). The minimum absolute atomic E-state index is 0.0596. The molecule has 0 aromatic heterocycles. The molecular formula is C13H17N3O. The predicted octanol–water partition coefficient (Wildman–Crippen LogP) is 1.29. The number of carbonyl (C=O) groups excluding carboxylic acids is 1. The van der Waals surface area contributed by atoms with Crippen LogP contribution in [0.5, 0.6) is 0 Å². The second-order valence-corrected chi connectivity index (χ2v) is 3.91. The maximum atomic E-state index is 10.7. The van der Waals surface area contributed by atoms with Gasteiger partial charge in [0.25, 0.3) is 0 Å². The molecule has 2 N–H and O–H groups in total. The number of nitriles is 1. The fraction of sp³-hybridized carbons (Fsp3) is 0.385. The summed E-state index contributed by atoms with van der Waals surface area (Å²) in [5, 5.41) is 14.8. The van der Waals surface area contributed by atoms with E-state index in [9.17, 15) is 4.79 Å². The zero-order chi connectivity index (χ0) is 12.7. The monoisotopic (exact) mass is 231 g/mol. The smallest absolute Gasteiger partial charge is 0.216 e.